The summed E-state index contributed by atoms with van der Waals surface area (Å²) in [5, 5.41) is 12.8. The highest BCUT2D eigenvalue weighted by Gasteiger charge is 2.25. The lowest BCUT2D eigenvalue weighted by atomic mass is 9.97. The van der Waals surface area contributed by atoms with Crippen molar-refractivity contribution in [2.75, 3.05) is 31.1 Å². The fourth-order valence-electron chi connectivity index (χ4n) is 2.49. The van der Waals surface area contributed by atoms with Crippen molar-refractivity contribution in [3.05, 3.63) is 22.1 Å². The van der Waals surface area contributed by atoms with E-state index in [1.807, 2.05) is 0 Å². The third-order valence-electron chi connectivity index (χ3n) is 3.66. The Morgan fingerprint density at radius 2 is 1.92 bits per heavy atom. The van der Waals surface area contributed by atoms with E-state index in [-0.39, 0.29) is 16.3 Å². The Morgan fingerprint density at radius 1 is 1.32 bits per heavy atom. The molecule has 0 amide bonds. The molecule has 0 saturated carbocycles. The van der Waals surface area contributed by atoms with Crippen molar-refractivity contribution in [2.24, 2.45) is 22.6 Å². The Bertz CT molecular complexity index is 751. The Morgan fingerprint density at radius 3 is 2.44 bits per heavy atom. The fraction of sp³-hybridized carbons (Fsp3) is 0.500. The van der Waals surface area contributed by atoms with Crippen LogP contribution in [-0.2, 0) is 20.8 Å². The number of hydrogen-bond acceptors (Lipinski definition) is 7. The monoisotopic (exact) mass is 388 g/mol. The average Bonchev–Trinajstić information content (AvgIpc) is 2.57. The molecule has 9 nitrogen and oxygen atoms in total. The van der Waals surface area contributed by atoms with E-state index < -0.39 is 20.8 Å². The number of allylic oxidation sites excluding steroid dienone is 2. The van der Waals surface area contributed by atoms with Crippen LogP contribution in [0.3, 0.4) is 0 Å². The Kier molecular flexibility index (Phi) is 8.43. The minimum Gasteiger partial charge on any atom is -0.384 e. The Labute approximate surface area is 150 Å². The highest BCUT2D eigenvalue weighted by Crippen LogP contribution is 2.27. The molecule has 0 bridgehead atoms. The zero-order chi connectivity index (χ0) is 19.0. The lowest BCUT2D eigenvalue weighted by Crippen LogP contribution is -2.37. The predicted octanol–water partition coefficient (Wildman–Crippen LogP) is -1.93. The number of nitrogens with two attached hydrogens (primary N) is 4. The first-order chi connectivity index (χ1) is 11.8. The van der Waals surface area contributed by atoms with Gasteiger partial charge in [-0.2, -0.15) is 0 Å². The molecular formula is C14H24N6O3S2. The lowest BCUT2D eigenvalue weighted by molar-refractivity contribution is 0.337. The van der Waals surface area contributed by atoms with E-state index in [9.17, 15) is 12.6 Å². The summed E-state index contributed by atoms with van der Waals surface area (Å²) >= 11 is 0. The van der Waals surface area contributed by atoms with Crippen LogP contribution < -0.4 is 22.6 Å². The van der Waals surface area contributed by atoms with Crippen LogP contribution in [0.5, 0.6) is 0 Å². The summed E-state index contributed by atoms with van der Waals surface area (Å²) in [7, 11) is -4.66. The number of hydrogen-bond donors (Lipinski definition) is 5. The first-order valence-corrected chi connectivity index (χ1v) is 10.5. The maximum Gasteiger partial charge on any atom is 0.238 e. The second kappa shape index (κ2) is 9.81. The van der Waals surface area contributed by atoms with Crippen LogP contribution in [0.15, 0.2) is 22.1 Å². The van der Waals surface area contributed by atoms with E-state index in [4.69, 9.17) is 16.3 Å². The smallest absolute Gasteiger partial charge is 0.238 e. The minimum absolute atomic E-state index is 0.117. The molecule has 1 saturated heterocycles. The second-order valence-corrected chi connectivity index (χ2v) is 8.57. The first-order valence-electron chi connectivity index (χ1n) is 7.49. The van der Waals surface area contributed by atoms with Crippen LogP contribution >= 0.6 is 0 Å². The van der Waals surface area contributed by atoms with Gasteiger partial charge in [0.05, 0.1) is 11.4 Å². The number of nitrogens with zero attached hydrogens (tertiary/aromatic N) is 1. The van der Waals surface area contributed by atoms with Crippen LogP contribution in [0.1, 0.15) is 12.8 Å². The summed E-state index contributed by atoms with van der Waals surface area (Å²) in [5.41, 5.74) is 6.18. The van der Waals surface area contributed by atoms with Gasteiger partial charge in [0.2, 0.25) is 10.0 Å². The summed E-state index contributed by atoms with van der Waals surface area (Å²) in [6, 6.07) is 0. The first kappa shape index (κ1) is 21.5. The summed E-state index contributed by atoms with van der Waals surface area (Å²) in [6.07, 6.45) is 2.51. The predicted molar refractivity (Wildman–Crippen MR) is 99.8 cm³/mol. The fourth-order valence-corrected chi connectivity index (χ4v) is 4.49. The van der Waals surface area contributed by atoms with Gasteiger partial charge >= 0.3 is 0 Å². The maximum atomic E-state index is 11.6. The molecule has 0 atom stereocenters. The van der Waals surface area contributed by atoms with Gasteiger partial charge in [-0.05, 0) is 12.8 Å². The zero-order valence-electron chi connectivity index (χ0n) is 13.8. The van der Waals surface area contributed by atoms with Gasteiger partial charge in [-0.3, -0.25) is 26.2 Å². The Balaban J connectivity index is 0.00000151. The average molecular weight is 389 g/mol. The van der Waals surface area contributed by atoms with Gasteiger partial charge < -0.3 is 5.73 Å². The largest absolute Gasteiger partial charge is 0.384 e. The molecule has 1 aliphatic heterocycles. The molecule has 0 unspecified atom stereocenters. The van der Waals surface area contributed by atoms with Crippen molar-refractivity contribution in [1.82, 2.24) is 4.90 Å². The van der Waals surface area contributed by atoms with Crippen molar-refractivity contribution in [1.29, 1.82) is 5.41 Å². The number of hydrazine groups is 1. The maximum absolute atomic E-state index is 11.6. The van der Waals surface area contributed by atoms with Gasteiger partial charge in [0.15, 0.2) is 0 Å². The van der Waals surface area contributed by atoms with Crippen molar-refractivity contribution in [3.8, 4) is 11.8 Å². The van der Waals surface area contributed by atoms with Gasteiger partial charge in [-0.15, -0.1) is 0 Å². The molecule has 0 spiro atoms. The van der Waals surface area contributed by atoms with Crippen molar-refractivity contribution >= 4 is 26.7 Å². The number of nitrogens with one attached hydrogen (secondary N) is 1. The molecule has 1 heterocycles. The molecule has 2 rings (SSSR count). The lowest BCUT2D eigenvalue weighted by Gasteiger charge is -2.23. The van der Waals surface area contributed by atoms with E-state index in [0.29, 0.717) is 36.5 Å². The van der Waals surface area contributed by atoms with Gasteiger partial charge in [0, 0.05) is 46.5 Å². The van der Waals surface area contributed by atoms with E-state index in [1.54, 1.807) is 0 Å². The minimum atomic E-state index is -3.93. The molecule has 1 aliphatic carbocycles. The quantitative estimate of drug-likeness (QED) is 0.123. The number of rotatable bonds is 3. The molecule has 25 heavy (non-hydrogen) atoms. The summed E-state index contributed by atoms with van der Waals surface area (Å²) < 4.78 is 34.6. The molecule has 1 fully saturated rings. The van der Waals surface area contributed by atoms with E-state index in [1.165, 1.54) is 6.08 Å². The molecule has 2 aliphatic rings. The summed E-state index contributed by atoms with van der Waals surface area (Å²) in [6.45, 7) is 1.99. The topological polar surface area (TPSA) is 182 Å². The van der Waals surface area contributed by atoms with Crippen molar-refractivity contribution in [2.45, 2.75) is 12.8 Å². The number of sulfonamides is 1. The van der Waals surface area contributed by atoms with Gasteiger partial charge in [-0.1, -0.05) is 17.9 Å². The Hall–Kier alpha value is -1.55. The highest BCUT2D eigenvalue weighted by molar-refractivity contribution is 7.93. The summed E-state index contributed by atoms with van der Waals surface area (Å²) in [4.78, 5) is 1.98. The summed E-state index contributed by atoms with van der Waals surface area (Å²) in [5.74, 6) is 14.9. The standard InChI is InChI=1S/C14H20N4O3S2.H4N2/c15-14(16)13-11(3-1-5-12(13)23(17,20)21)4-2-6-18-7-9-22(19)10-8-18;1-2/h5H,1,3,6-10H2,(H3,15,16)(H2,17,20,21);1-2H2. The third-order valence-corrected chi connectivity index (χ3v) is 5.92. The van der Waals surface area contributed by atoms with Crippen LogP contribution in [-0.4, -0.2) is 54.5 Å². The van der Waals surface area contributed by atoms with Crippen molar-refractivity contribution in [3.63, 3.8) is 0 Å². The van der Waals surface area contributed by atoms with Crippen LogP contribution in [0.4, 0.5) is 0 Å². The van der Waals surface area contributed by atoms with E-state index in [0.717, 1.165) is 13.1 Å². The highest BCUT2D eigenvalue weighted by atomic mass is 32.2. The van der Waals surface area contributed by atoms with Crippen LogP contribution in [0, 0.1) is 17.3 Å². The molecule has 11 heteroatoms. The number of primary sulfonamides is 1. The van der Waals surface area contributed by atoms with Gasteiger partial charge in [0.25, 0.3) is 0 Å². The molecule has 0 radical (unpaired) electrons. The molecular weight excluding hydrogens is 364 g/mol. The third kappa shape index (κ3) is 6.35. The normalized spacial score (nSPS) is 19.2. The van der Waals surface area contributed by atoms with E-state index in [2.05, 4.69) is 28.4 Å². The van der Waals surface area contributed by atoms with Crippen LogP contribution in [0.25, 0.3) is 0 Å². The van der Waals surface area contributed by atoms with Gasteiger partial charge in [-0.25, -0.2) is 13.6 Å². The molecule has 140 valence electrons. The SMILES string of the molecule is N=C(N)C1=C(C#CCN2CCS(=O)CC2)CCC=C1S(N)(=O)=O.NN. The zero-order valence-corrected chi connectivity index (χ0v) is 15.5. The second-order valence-electron chi connectivity index (χ2n) is 5.35. The molecule has 0 aromatic heterocycles. The molecule has 9 N–H and O–H groups in total. The number of amidine groups is 1. The van der Waals surface area contributed by atoms with Gasteiger partial charge in [0.1, 0.15) is 5.84 Å². The van der Waals surface area contributed by atoms with E-state index >= 15 is 0 Å². The molecule has 0 aromatic rings. The van der Waals surface area contributed by atoms with Crippen molar-refractivity contribution < 1.29 is 12.6 Å². The van der Waals surface area contributed by atoms with Crippen LogP contribution in [0.2, 0.25) is 0 Å². The molecule has 0 aromatic carbocycles.